The second-order valence-corrected chi connectivity index (χ2v) is 4.66. The Labute approximate surface area is 138 Å². The Bertz CT molecular complexity index is 761. The maximum atomic E-state index is 11.8. The van der Waals surface area contributed by atoms with Crippen molar-refractivity contribution in [1.82, 2.24) is 5.43 Å². The molecule has 0 atom stereocenters. The zero-order valence-electron chi connectivity index (χ0n) is 12.9. The molecule has 2 rings (SSSR count). The zero-order valence-corrected chi connectivity index (χ0v) is 12.9. The van der Waals surface area contributed by atoms with Crippen molar-refractivity contribution in [3.63, 3.8) is 0 Å². The molecule has 8 nitrogen and oxygen atoms in total. The van der Waals surface area contributed by atoms with Gasteiger partial charge in [-0.15, -0.1) is 0 Å². The fraction of sp³-hybridized carbons (Fsp3) is 0.125. The van der Waals surface area contributed by atoms with Crippen LogP contribution in [0.4, 0.5) is 11.4 Å². The highest BCUT2D eigenvalue weighted by Gasteiger charge is 2.10. The van der Waals surface area contributed by atoms with Crippen molar-refractivity contribution < 1.29 is 14.5 Å². The SMILES string of the molecule is COc1ccccc1NCC(=O)NN=Cc1ccccc1[N+](=O)[O-]. The lowest BCUT2D eigenvalue weighted by Gasteiger charge is -2.09. The second-order valence-electron chi connectivity index (χ2n) is 4.66. The van der Waals surface area contributed by atoms with Crippen LogP contribution in [-0.2, 0) is 4.79 Å². The van der Waals surface area contributed by atoms with Crippen LogP contribution in [0.25, 0.3) is 0 Å². The summed E-state index contributed by atoms with van der Waals surface area (Å²) < 4.78 is 5.16. The zero-order chi connectivity index (χ0) is 17.4. The van der Waals surface area contributed by atoms with Gasteiger partial charge < -0.3 is 10.1 Å². The highest BCUT2D eigenvalue weighted by molar-refractivity contribution is 5.87. The summed E-state index contributed by atoms with van der Waals surface area (Å²) in [4.78, 5) is 22.1. The predicted octanol–water partition coefficient (Wildman–Crippen LogP) is 2.17. The third kappa shape index (κ3) is 4.54. The molecule has 0 saturated carbocycles. The summed E-state index contributed by atoms with van der Waals surface area (Å²) >= 11 is 0. The van der Waals surface area contributed by atoms with Gasteiger partial charge in [0.05, 0.1) is 36.0 Å². The van der Waals surface area contributed by atoms with E-state index >= 15 is 0 Å². The molecule has 124 valence electrons. The molecule has 8 heteroatoms. The maximum Gasteiger partial charge on any atom is 0.278 e. The summed E-state index contributed by atoms with van der Waals surface area (Å²) in [6.07, 6.45) is 1.24. The smallest absolute Gasteiger partial charge is 0.278 e. The maximum absolute atomic E-state index is 11.8. The van der Waals surface area contributed by atoms with Crippen molar-refractivity contribution in [2.24, 2.45) is 5.10 Å². The molecule has 0 spiro atoms. The van der Waals surface area contributed by atoms with Crippen molar-refractivity contribution in [1.29, 1.82) is 0 Å². The van der Waals surface area contributed by atoms with Gasteiger partial charge in [-0.25, -0.2) is 5.43 Å². The molecule has 0 radical (unpaired) electrons. The number of anilines is 1. The van der Waals surface area contributed by atoms with Gasteiger partial charge in [-0.2, -0.15) is 5.10 Å². The van der Waals surface area contributed by atoms with Crippen LogP contribution < -0.4 is 15.5 Å². The summed E-state index contributed by atoms with van der Waals surface area (Å²) in [5, 5.41) is 17.5. The van der Waals surface area contributed by atoms with E-state index in [1.165, 1.54) is 19.4 Å². The number of nitrogens with zero attached hydrogens (tertiary/aromatic N) is 2. The van der Waals surface area contributed by atoms with Crippen LogP contribution in [0.15, 0.2) is 53.6 Å². The van der Waals surface area contributed by atoms with Crippen molar-refractivity contribution in [2.75, 3.05) is 19.0 Å². The molecule has 0 fully saturated rings. The molecular weight excluding hydrogens is 312 g/mol. The number of methoxy groups -OCH3 is 1. The Morgan fingerprint density at radius 3 is 2.71 bits per heavy atom. The van der Waals surface area contributed by atoms with Gasteiger partial charge in [-0.3, -0.25) is 14.9 Å². The highest BCUT2D eigenvalue weighted by atomic mass is 16.6. The standard InChI is InChI=1S/C16H16N4O4/c1-24-15-9-5-3-7-13(15)17-11-16(21)19-18-10-12-6-2-4-8-14(12)20(22)23/h2-10,17H,11H2,1H3,(H,19,21). The minimum atomic E-state index is -0.508. The number of carbonyl (C=O) groups excluding carboxylic acids is 1. The Balaban J connectivity index is 1.91. The van der Waals surface area contributed by atoms with Gasteiger partial charge in [0.1, 0.15) is 5.75 Å². The van der Waals surface area contributed by atoms with Gasteiger partial charge in [-0.1, -0.05) is 24.3 Å². The number of amides is 1. The van der Waals surface area contributed by atoms with Crippen molar-refractivity contribution in [3.05, 3.63) is 64.2 Å². The van der Waals surface area contributed by atoms with Crippen LogP contribution in [0.3, 0.4) is 0 Å². The first kappa shape index (κ1) is 16.9. The first-order valence-corrected chi connectivity index (χ1v) is 7.04. The number of nitro benzene ring substituents is 1. The van der Waals surface area contributed by atoms with Gasteiger partial charge in [0.2, 0.25) is 0 Å². The normalized spacial score (nSPS) is 10.4. The number of para-hydroxylation sites is 3. The number of nitro groups is 1. The molecule has 0 aromatic heterocycles. The first-order chi connectivity index (χ1) is 11.6. The Morgan fingerprint density at radius 1 is 1.25 bits per heavy atom. The number of ether oxygens (including phenoxy) is 1. The lowest BCUT2D eigenvalue weighted by Crippen LogP contribution is -2.26. The number of carbonyl (C=O) groups is 1. The van der Waals surface area contributed by atoms with Crippen molar-refractivity contribution >= 4 is 23.5 Å². The molecule has 0 aliphatic heterocycles. The average Bonchev–Trinajstić information content (AvgIpc) is 2.60. The van der Waals surface area contributed by atoms with Gasteiger partial charge in [0.25, 0.3) is 11.6 Å². The third-order valence-corrected chi connectivity index (χ3v) is 3.07. The molecule has 0 aliphatic carbocycles. The Hall–Kier alpha value is -3.42. The molecule has 1 amide bonds. The van der Waals surface area contributed by atoms with Gasteiger partial charge in [0.15, 0.2) is 0 Å². The highest BCUT2D eigenvalue weighted by Crippen LogP contribution is 2.22. The van der Waals surface area contributed by atoms with E-state index in [0.717, 1.165) is 0 Å². The van der Waals surface area contributed by atoms with Crippen LogP contribution in [0.5, 0.6) is 5.75 Å². The number of benzene rings is 2. The fourth-order valence-electron chi connectivity index (χ4n) is 1.94. The number of hydrazone groups is 1. The van der Waals surface area contributed by atoms with E-state index < -0.39 is 10.8 Å². The Kier molecular flexibility index (Phi) is 5.84. The largest absolute Gasteiger partial charge is 0.495 e. The average molecular weight is 328 g/mol. The van der Waals surface area contributed by atoms with Crippen molar-refractivity contribution in [3.8, 4) is 5.75 Å². The molecule has 0 saturated heterocycles. The fourth-order valence-corrected chi connectivity index (χ4v) is 1.94. The number of nitrogens with one attached hydrogen (secondary N) is 2. The molecule has 0 unspecified atom stereocenters. The van der Waals surface area contributed by atoms with E-state index in [9.17, 15) is 14.9 Å². The first-order valence-electron chi connectivity index (χ1n) is 7.04. The lowest BCUT2D eigenvalue weighted by molar-refractivity contribution is -0.385. The molecule has 2 aromatic carbocycles. The van der Waals surface area contributed by atoms with Gasteiger partial charge in [0, 0.05) is 6.07 Å². The summed E-state index contributed by atoms with van der Waals surface area (Å²) in [5.74, 6) is 0.226. The van der Waals surface area contributed by atoms with Crippen LogP contribution in [-0.4, -0.2) is 30.7 Å². The summed E-state index contributed by atoms with van der Waals surface area (Å²) in [7, 11) is 1.54. The van der Waals surface area contributed by atoms with Crippen molar-refractivity contribution in [2.45, 2.75) is 0 Å². The Morgan fingerprint density at radius 2 is 1.96 bits per heavy atom. The van der Waals surface area contributed by atoms with E-state index in [2.05, 4.69) is 15.8 Å². The van der Waals surface area contributed by atoms with Gasteiger partial charge >= 0.3 is 0 Å². The van der Waals surface area contributed by atoms with Gasteiger partial charge in [-0.05, 0) is 18.2 Å². The predicted molar refractivity (Wildman–Crippen MR) is 90.3 cm³/mol. The molecule has 0 bridgehead atoms. The monoisotopic (exact) mass is 328 g/mol. The molecular formula is C16H16N4O4. The molecule has 0 heterocycles. The molecule has 2 aromatic rings. The van der Waals surface area contributed by atoms with E-state index in [1.54, 1.807) is 30.3 Å². The van der Waals surface area contributed by atoms with E-state index in [-0.39, 0.29) is 12.2 Å². The van der Waals surface area contributed by atoms with Crippen LogP contribution in [0.2, 0.25) is 0 Å². The van der Waals surface area contributed by atoms with E-state index in [4.69, 9.17) is 4.74 Å². The van der Waals surface area contributed by atoms with E-state index in [1.807, 2.05) is 12.1 Å². The molecule has 0 aliphatic rings. The topological polar surface area (TPSA) is 106 Å². The third-order valence-electron chi connectivity index (χ3n) is 3.07. The minimum Gasteiger partial charge on any atom is -0.495 e. The molecule has 2 N–H and O–H groups in total. The summed E-state index contributed by atoms with van der Waals surface area (Å²) in [6.45, 7) is -0.0192. The minimum absolute atomic E-state index is 0.0192. The summed E-state index contributed by atoms with van der Waals surface area (Å²) in [5.41, 5.74) is 3.21. The quantitative estimate of drug-likeness (QED) is 0.460. The number of rotatable bonds is 7. The van der Waals surface area contributed by atoms with Crippen LogP contribution in [0.1, 0.15) is 5.56 Å². The number of hydrogen-bond acceptors (Lipinski definition) is 6. The second kappa shape index (κ2) is 8.28. The summed E-state index contributed by atoms with van der Waals surface area (Å²) in [6, 6.07) is 13.3. The van der Waals surface area contributed by atoms with E-state index in [0.29, 0.717) is 17.0 Å². The van der Waals surface area contributed by atoms with Crippen LogP contribution in [0, 0.1) is 10.1 Å². The van der Waals surface area contributed by atoms with Crippen LogP contribution >= 0.6 is 0 Å². The number of hydrogen-bond donors (Lipinski definition) is 2. The lowest BCUT2D eigenvalue weighted by atomic mass is 10.2. The molecule has 24 heavy (non-hydrogen) atoms.